The summed E-state index contributed by atoms with van der Waals surface area (Å²) in [4.78, 5) is 21.7. The number of carbonyl (C=O) groups is 2. The van der Waals surface area contributed by atoms with E-state index < -0.39 is 12.0 Å². The van der Waals surface area contributed by atoms with E-state index in [2.05, 4.69) is 17.9 Å². The van der Waals surface area contributed by atoms with E-state index in [0.29, 0.717) is 25.1 Å². The molecule has 0 aromatic rings. The van der Waals surface area contributed by atoms with Crippen LogP contribution in [0.5, 0.6) is 0 Å². The van der Waals surface area contributed by atoms with Gasteiger partial charge in [0.2, 0.25) is 0 Å². The summed E-state index contributed by atoms with van der Waals surface area (Å²) in [5, 5.41) is 11.5. The van der Waals surface area contributed by atoms with Crippen LogP contribution in [-0.4, -0.2) is 35.2 Å². The summed E-state index contributed by atoms with van der Waals surface area (Å²) in [5.74, 6) is 0.0511. The number of carbonyl (C=O) groups excluding carboxylic acids is 1. The molecular formula is C10H19NO3S. The summed E-state index contributed by atoms with van der Waals surface area (Å²) in [6.45, 7) is 4.06. The van der Waals surface area contributed by atoms with E-state index >= 15 is 0 Å². The molecule has 0 aliphatic carbocycles. The van der Waals surface area contributed by atoms with Crippen molar-refractivity contribution in [2.45, 2.75) is 32.7 Å². The van der Waals surface area contributed by atoms with Gasteiger partial charge in [0.05, 0.1) is 0 Å². The summed E-state index contributed by atoms with van der Waals surface area (Å²) in [5.41, 5.74) is 0. The predicted octanol–water partition coefficient (Wildman–Crippen LogP) is 0.964. The predicted molar refractivity (Wildman–Crippen MR) is 62.4 cm³/mol. The van der Waals surface area contributed by atoms with Crippen LogP contribution in [0.1, 0.15) is 26.7 Å². The van der Waals surface area contributed by atoms with Gasteiger partial charge in [0.25, 0.3) is 0 Å². The third-order valence-corrected chi connectivity index (χ3v) is 2.33. The van der Waals surface area contributed by atoms with Gasteiger partial charge in [-0.2, -0.15) is 12.6 Å². The number of hydrogen-bond acceptors (Lipinski definition) is 4. The standard InChI is InChI=1S/C10H19NO3S/c1-7(5-9(12)3-4-15)6-11-8(2)10(13)14/h7-8,11,15H,3-6H2,1-2H3,(H,13,14)/t7?,8-/m0/s1. The number of Topliss-reactive ketones (excluding diaryl/α,β-unsaturated/α-hetero) is 1. The first-order valence-corrected chi connectivity index (χ1v) is 5.69. The van der Waals surface area contributed by atoms with E-state index in [4.69, 9.17) is 5.11 Å². The fourth-order valence-electron chi connectivity index (χ4n) is 1.15. The lowest BCUT2D eigenvalue weighted by Crippen LogP contribution is -2.36. The largest absolute Gasteiger partial charge is 0.480 e. The van der Waals surface area contributed by atoms with Crippen molar-refractivity contribution in [3.8, 4) is 0 Å². The van der Waals surface area contributed by atoms with Crippen LogP contribution < -0.4 is 5.32 Å². The lowest BCUT2D eigenvalue weighted by atomic mass is 10.0. The van der Waals surface area contributed by atoms with Crippen LogP contribution in [0.4, 0.5) is 0 Å². The molecule has 0 radical (unpaired) electrons. The van der Waals surface area contributed by atoms with Crippen molar-refractivity contribution in [3.05, 3.63) is 0 Å². The molecule has 4 nitrogen and oxygen atoms in total. The van der Waals surface area contributed by atoms with Crippen molar-refractivity contribution < 1.29 is 14.7 Å². The van der Waals surface area contributed by atoms with Crippen LogP contribution >= 0.6 is 12.6 Å². The van der Waals surface area contributed by atoms with Gasteiger partial charge in [0.1, 0.15) is 11.8 Å². The van der Waals surface area contributed by atoms with E-state index in [0.717, 1.165) is 0 Å². The van der Waals surface area contributed by atoms with Crippen LogP contribution in [0, 0.1) is 5.92 Å². The third kappa shape index (κ3) is 7.39. The Kier molecular flexibility index (Phi) is 7.42. The molecule has 0 aromatic carbocycles. The summed E-state index contributed by atoms with van der Waals surface area (Å²) >= 11 is 3.98. The van der Waals surface area contributed by atoms with Crippen LogP contribution in [0.15, 0.2) is 0 Å². The van der Waals surface area contributed by atoms with Crippen LogP contribution in [0.3, 0.4) is 0 Å². The van der Waals surface area contributed by atoms with Gasteiger partial charge in [-0.1, -0.05) is 6.92 Å². The Hall–Kier alpha value is -0.550. The molecule has 5 heteroatoms. The molecule has 15 heavy (non-hydrogen) atoms. The van der Waals surface area contributed by atoms with Gasteiger partial charge in [0.15, 0.2) is 0 Å². The average molecular weight is 233 g/mol. The summed E-state index contributed by atoms with van der Waals surface area (Å²) in [7, 11) is 0. The Morgan fingerprint density at radius 3 is 2.47 bits per heavy atom. The minimum Gasteiger partial charge on any atom is -0.480 e. The van der Waals surface area contributed by atoms with Crippen molar-refractivity contribution in [1.82, 2.24) is 5.32 Å². The Labute approximate surface area is 95.8 Å². The maximum absolute atomic E-state index is 11.2. The highest BCUT2D eigenvalue weighted by Crippen LogP contribution is 2.04. The van der Waals surface area contributed by atoms with Gasteiger partial charge < -0.3 is 10.4 Å². The summed E-state index contributed by atoms with van der Waals surface area (Å²) in [6, 6.07) is -0.563. The van der Waals surface area contributed by atoms with E-state index in [1.54, 1.807) is 6.92 Å². The molecule has 1 unspecified atom stereocenters. The highest BCUT2D eigenvalue weighted by molar-refractivity contribution is 7.80. The minimum absolute atomic E-state index is 0.166. The van der Waals surface area contributed by atoms with Gasteiger partial charge >= 0.3 is 5.97 Å². The zero-order valence-electron chi connectivity index (χ0n) is 9.19. The van der Waals surface area contributed by atoms with Crippen molar-refractivity contribution in [3.63, 3.8) is 0 Å². The molecule has 88 valence electrons. The molecule has 0 fully saturated rings. The van der Waals surface area contributed by atoms with Gasteiger partial charge in [0, 0.05) is 12.8 Å². The Bertz CT molecular complexity index is 221. The zero-order chi connectivity index (χ0) is 11.8. The number of aliphatic carboxylic acids is 1. The maximum atomic E-state index is 11.2. The number of carboxylic acid groups (broad SMARTS) is 1. The van der Waals surface area contributed by atoms with E-state index in [1.807, 2.05) is 6.92 Å². The number of thiol groups is 1. The summed E-state index contributed by atoms with van der Waals surface area (Å²) < 4.78 is 0. The zero-order valence-corrected chi connectivity index (χ0v) is 10.1. The highest BCUT2D eigenvalue weighted by Gasteiger charge is 2.13. The molecule has 0 spiro atoms. The molecular weight excluding hydrogens is 214 g/mol. The molecule has 0 aliphatic rings. The van der Waals surface area contributed by atoms with E-state index in [-0.39, 0.29) is 11.7 Å². The molecule has 0 amide bonds. The SMILES string of the molecule is CC(CN[C@@H](C)C(=O)O)CC(=O)CCS. The van der Waals surface area contributed by atoms with Gasteiger partial charge in [-0.3, -0.25) is 9.59 Å². The lowest BCUT2D eigenvalue weighted by Gasteiger charge is -2.14. The fourth-order valence-corrected chi connectivity index (χ4v) is 1.40. The molecule has 0 heterocycles. The van der Waals surface area contributed by atoms with Crippen molar-refractivity contribution in [1.29, 1.82) is 0 Å². The molecule has 0 bridgehead atoms. The first-order valence-electron chi connectivity index (χ1n) is 5.06. The van der Waals surface area contributed by atoms with E-state index in [9.17, 15) is 9.59 Å². The maximum Gasteiger partial charge on any atom is 0.320 e. The van der Waals surface area contributed by atoms with Crippen molar-refractivity contribution in [2.75, 3.05) is 12.3 Å². The Balaban J connectivity index is 3.70. The van der Waals surface area contributed by atoms with Gasteiger partial charge in [-0.15, -0.1) is 0 Å². The fraction of sp³-hybridized carbons (Fsp3) is 0.800. The van der Waals surface area contributed by atoms with Gasteiger partial charge in [-0.25, -0.2) is 0 Å². The third-order valence-electron chi connectivity index (χ3n) is 2.11. The quantitative estimate of drug-likeness (QED) is 0.546. The topological polar surface area (TPSA) is 66.4 Å². The molecule has 0 saturated carbocycles. The summed E-state index contributed by atoms with van der Waals surface area (Å²) in [6.07, 6.45) is 0.974. The monoisotopic (exact) mass is 233 g/mol. The molecule has 0 saturated heterocycles. The van der Waals surface area contributed by atoms with Crippen molar-refractivity contribution >= 4 is 24.4 Å². The molecule has 2 atom stereocenters. The number of hydrogen-bond donors (Lipinski definition) is 3. The van der Waals surface area contributed by atoms with Gasteiger partial charge in [-0.05, 0) is 25.1 Å². The van der Waals surface area contributed by atoms with Crippen LogP contribution in [0.25, 0.3) is 0 Å². The lowest BCUT2D eigenvalue weighted by molar-refractivity contribution is -0.139. The Morgan fingerprint density at radius 1 is 1.40 bits per heavy atom. The number of rotatable bonds is 8. The number of ketones is 1. The average Bonchev–Trinajstić information content (AvgIpc) is 2.14. The second-order valence-corrected chi connectivity index (χ2v) is 4.24. The van der Waals surface area contributed by atoms with Crippen molar-refractivity contribution in [2.24, 2.45) is 5.92 Å². The molecule has 0 aromatic heterocycles. The number of carboxylic acids is 1. The minimum atomic E-state index is -0.871. The smallest absolute Gasteiger partial charge is 0.320 e. The van der Waals surface area contributed by atoms with E-state index in [1.165, 1.54) is 0 Å². The number of nitrogens with one attached hydrogen (secondary N) is 1. The molecule has 0 aliphatic heterocycles. The second-order valence-electron chi connectivity index (χ2n) is 3.79. The first kappa shape index (κ1) is 14.5. The normalized spacial score (nSPS) is 14.6. The second kappa shape index (κ2) is 7.70. The first-order chi connectivity index (χ1) is 6.97. The molecule has 0 rings (SSSR count). The Morgan fingerprint density at radius 2 is 2.00 bits per heavy atom. The van der Waals surface area contributed by atoms with Crippen LogP contribution in [-0.2, 0) is 9.59 Å². The van der Waals surface area contributed by atoms with Crippen LogP contribution in [0.2, 0.25) is 0 Å². The molecule has 2 N–H and O–H groups in total. The highest BCUT2D eigenvalue weighted by atomic mass is 32.1.